The maximum atomic E-state index is 12.4. The van der Waals surface area contributed by atoms with Crippen LogP contribution in [0.15, 0.2) is 46.4 Å². The predicted octanol–water partition coefficient (Wildman–Crippen LogP) is 1.95. The van der Waals surface area contributed by atoms with Crippen molar-refractivity contribution in [3.05, 3.63) is 63.0 Å². The van der Waals surface area contributed by atoms with Gasteiger partial charge in [-0.3, -0.25) is 15.4 Å². The first kappa shape index (κ1) is 17.7. The third kappa shape index (κ3) is 3.77. The number of rotatable bonds is 6. The van der Waals surface area contributed by atoms with Gasteiger partial charge in [-0.25, -0.2) is 4.79 Å². The Morgan fingerprint density at radius 3 is 2.88 bits per heavy atom. The van der Waals surface area contributed by atoms with E-state index < -0.39 is 24.1 Å². The predicted molar refractivity (Wildman–Crippen MR) is 95.5 cm³/mol. The second kappa shape index (κ2) is 7.87. The zero-order valence-corrected chi connectivity index (χ0v) is 14.1. The van der Waals surface area contributed by atoms with E-state index in [0.717, 1.165) is 11.3 Å². The Kier molecular flexibility index (Phi) is 5.37. The number of aliphatic hydroxyl groups is 1. The molecule has 1 saturated heterocycles. The molecule has 26 heavy (non-hydrogen) atoms. The van der Waals surface area contributed by atoms with Crippen molar-refractivity contribution in [2.24, 2.45) is 5.11 Å². The van der Waals surface area contributed by atoms with Crippen molar-refractivity contribution >= 4 is 11.5 Å². The highest BCUT2D eigenvalue weighted by Gasteiger charge is 2.35. The number of aromatic nitrogens is 2. The lowest BCUT2D eigenvalue weighted by Crippen LogP contribution is -2.29. The van der Waals surface area contributed by atoms with E-state index in [1.165, 1.54) is 4.57 Å². The fourth-order valence-corrected chi connectivity index (χ4v) is 2.79. The highest BCUT2D eigenvalue weighted by Crippen LogP contribution is 2.30. The maximum absolute atomic E-state index is 12.4. The number of benzene rings is 1. The van der Waals surface area contributed by atoms with Gasteiger partial charge >= 0.3 is 5.69 Å². The van der Waals surface area contributed by atoms with Crippen LogP contribution >= 0.6 is 0 Å². The summed E-state index contributed by atoms with van der Waals surface area (Å²) in [4.78, 5) is 19.2. The molecule has 0 aliphatic carbocycles. The highest BCUT2D eigenvalue weighted by atomic mass is 16.5. The van der Waals surface area contributed by atoms with Gasteiger partial charge < -0.3 is 9.84 Å². The molecule has 0 amide bonds. The minimum absolute atomic E-state index is 0.290. The van der Waals surface area contributed by atoms with Crippen LogP contribution in [0.3, 0.4) is 0 Å². The van der Waals surface area contributed by atoms with Gasteiger partial charge in [0.15, 0.2) is 5.82 Å². The zero-order valence-electron chi connectivity index (χ0n) is 14.1. The number of para-hydroxylation sites is 1. The molecule has 1 aliphatic heterocycles. The fraction of sp³-hybridized carbons (Fsp3) is 0.375. The van der Waals surface area contributed by atoms with Crippen molar-refractivity contribution in [2.45, 2.75) is 31.7 Å². The van der Waals surface area contributed by atoms with Gasteiger partial charge in [-0.15, -0.1) is 0 Å². The molecule has 2 heterocycles. The van der Waals surface area contributed by atoms with E-state index in [1.54, 1.807) is 13.1 Å². The Balaban J connectivity index is 1.77. The quantitative estimate of drug-likeness (QED) is 0.313. The summed E-state index contributed by atoms with van der Waals surface area (Å²) in [5.74, 6) is 0.401. The third-order valence-corrected chi connectivity index (χ3v) is 4.13. The molecule has 3 rings (SSSR count). The van der Waals surface area contributed by atoms with Gasteiger partial charge in [-0.05, 0) is 24.6 Å². The standard InChI is InChI=1S/C16H19N7O3/c1-10-8-23(14-7-12(20-22-17)13(9-24)26-14)16(25)18-15(10)21-19-11-5-3-2-4-6-11/h2-6,8,12-14,19,24H,7,9H2,1H3,(H,18,21,25)/t12-,13+,14+/m0/s1. The van der Waals surface area contributed by atoms with E-state index in [-0.39, 0.29) is 6.61 Å². The van der Waals surface area contributed by atoms with Gasteiger partial charge in [0.25, 0.3) is 0 Å². The molecular weight excluding hydrogens is 338 g/mol. The molecule has 10 nitrogen and oxygen atoms in total. The number of aryl methyl sites for hydroxylation is 1. The topological polar surface area (TPSA) is 137 Å². The zero-order chi connectivity index (χ0) is 18.5. The molecule has 3 N–H and O–H groups in total. The lowest BCUT2D eigenvalue weighted by molar-refractivity contribution is -0.0270. The molecule has 10 heteroatoms. The second-order valence-corrected chi connectivity index (χ2v) is 5.90. The Morgan fingerprint density at radius 1 is 1.42 bits per heavy atom. The molecule has 0 saturated carbocycles. The number of aliphatic hydroxyl groups excluding tert-OH is 1. The van der Waals surface area contributed by atoms with Crippen molar-refractivity contribution in [1.82, 2.24) is 9.55 Å². The van der Waals surface area contributed by atoms with E-state index in [9.17, 15) is 9.90 Å². The number of hydrogen-bond acceptors (Lipinski definition) is 7. The molecular formula is C16H19N7O3. The Hall–Kier alpha value is -3.07. The molecule has 0 spiro atoms. The minimum Gasteiger partial charge on any atom is -0.394 e. The van der Waals surface area contributed by atoms with Crippen LogP contribution in [0.1, 0.15) is 18.2 Å². The normalized spacial score (nSPS) is 21.8. The smallest absolute Gasteiger partial charge is 0.351 e. The van der Waals surface area contributed by atoms with Crippen molar-refractivity contribution in [3.63, 3.8) is 0 Å². The molecule has 1 aliphatic rings. The van der Waals surface area contributed by atoms with Gasteiger partial charge in [0.2, 0.25) is 0 Å². The van der Waals surface area contributed by atoms with E-state index in [2.05, 4.69) is 25.9 Å². The van der Waals surface area contributed by atoms with Crippen LogP contribution in [0.2, 0.25) is 0 Å². The number of nitrogens with one attached hydrogen (secondary N) is 2. The monoisotopic (exact) mass is 357 g/mol. The average molecular weight is 357 g/mol. The summed E-state index contributed by atoms with van der Waals surface area (Å²) in [5.41, 5.74) is 15.6. The summed E-state index contributed by atoms with van der Waals surface area (Å²) >= 11 is 0. The minimum atomic E-state index is -0.641. The fourth-order valence-electron chi connectivity index (χ4n) is 2.79. The first-order valence-electron chi connectivity index (χ1n) is 8.09. The van der Waals surface area contributed by atoms with Crippen molar-refractivity contribution in [2.75, 3.05) is 17.5 Å². The van der Waals surface area contributed by atoms with Crippen molar-refractivity contribution in [1.29, 1.82) is 0 Å². The number of ether oxygens (including phenoxy) is 1. The SMILES string of the molecule is Cc1cn([C@H]2C[C@H](N=[N+]=[N-])[C@@H](CO)O2)c(=O)nc1NNc1ccccc1. The molecule has 1 aromatic carbocycles. The summed E-state index contributed by atoms with van der Waals surface area (Å²) in [6.45, 7) is 1.52. The highest BCUT2D eigenvalue weighted by molar-refractivity contribution is 5.51. The summed E-state index contributed by atoms with van der Waals surface area (Å²) in [5, 5.41) is 13.0. The van der Waals surface area contributed by atoms with Crippen LogP contribution in [-0.4, -0.2) is 33.4 Å². The number of hydrazine groups is 1. The molecule has 0 radical (unpaired) electrons. The van der Waals surface area contributed by atoms with Crippen LogP contribution < -0.4 is 16.5 Å². The summed E-state index contributed by atoms with van der Waals surface area (Å²) in [6, 6.07) is 8.90. The van der Waals surface area contributed by atoms with Gasteiger partial charge in [0.05, 0.1) is 24.4 Å². The second-order valence-electron chi connectivity index (χ2n) is 5.90. The molecule has 2 aromatic rings. The lowest BCUT2D eigenvalue weighted by atomic mass is 10.1. The molecule has 0 bridgehead atoms. The Morgan fingerprint density at radius 2 is 2.19 bits per heavy atom. The van der Waals surface area contributed by atoms with Gasteiger partial charge in [0.1, 0.15) is 6.23 Å². The van der Waals surface area contributed by atoms with Crippen LogP contribution in [-0.2, 0) is 4.74 Å². The van der Waals surface area contributed by atoms with Crippen LogP contribution in [0, 0.1) is 6.92 Å². The molecule has 0 unspecified atom stereocenters. The maximum Gasteiger partial charge on any atom is 0.351 e. The number of hydrogen-bond donors (Lipinski definition) is 3. The van der Waals surface area contributed by atoms with E-state index in [0.29, 0.717) is 12.2 Å². The van der Waals surface area contributed by atoms with E-state index in [4.69, 9.17) is 10.3 Å². The lowest BCUT2D eigenvalue weighted by Gasteiger charge is -2.17. The first-order chi connectivity index (χ1) is 12.6. The molecule has 1 aromatic heterocycles. The summed E-state index contributed by atoms with van der Waals surface area (Å²) < 4.78 is 6.98. The van der Waals surface area contributed by atoms with Gasteiger partial charge in [-0.2, -0.15) is 4.98 Å². The van der Waals surface area contributed by atoms with Gasteiger partial charge in [-0.1, -0.05) is 23.3 Å². The van der Waals surface area contributed by atoms with Crippen LogP contribution in [0.4, 0.5) is 11.5 Å². The number of nitrogens with zero attached hydrogens (tertiary/aromatic N) is 5. The molecule has 3 atom stereocenters. The first-order valence-corrected chi connectivity index (χ1v) is 8.09. The largest absolute Gasteiger partial charge is 0.394 e. The van der Waals surface area contributed by atoms with Crippen LogP contribution in [0.5, 0.6) is 0 Å². The van der Waals surface area contributed by atoms with E-state index in [1.807, 2.05) is 30.3 Å². The van der Waals surface area contributed by atoms with Crippen LogP contribution in [0.25, 0.3) is 10.4 Å². The van der Waals surface area contributed by atoms with Gasteiger partial charge in [0, 0.05) is 23.1 Å². The average Bonchev–Trinajstić information content (AvgIpc) is 3.06. The number of azide groups is 1. The van der Waals surface area contributed by atoms with E-state index >= 15 is 0 Å². The Bertz CT molecular complexity index is 864. The van der Waals surface area contributed by atoms with Crippen molar-refractivity contribution in [3.8, 4) is 0 Å². The number of anilines is 2. The van der Waals surface area contributed by atoms with Crippen molar-refractivity contribution < 1.29 is 9.84 Å². The molecule has 136 valence electrons. The summed E-state index contributed by atoms with van der Waals surface area (Å²) in [6.07, 6.45) is 0.644. The Labute approximate surface area is 149 Å². The summed E-state index contributed by atoms with van der Waals surface area (Å²) in [7, 11) is 0. The third-order valence-electron chi connectivity index (χ3n) is 4.13. The molecule has 1 fully saturated rings.